The number of nitrogens with one attached hydrogen (secondary N) is 1. The van der Waals surface area contributed by atoms with Gasteiger partial charge in [0.15, 0.2) is 0 Å². The molecule has 1 saturated carbocycles. The zero-order chi connectivity index (χ0) is 24.5. The summed E-state index contributed by atoms with van der Waals surface area (Å²) in [5.74, 6) is 0.989. The maximum atomic E-state index is 4.09. The fourth-order valence-electron chi connectivity index (χ4n) is 6.92. The molecule has 0 aromatic carbocycles. The second kappa shape index (κ2) is 18.2. The number of rotatable bonds is 19. The molecule has 202 valence electrons. The molecule has 2 heteroatoms. The lowest BCUT2D eigenvalue weighted by molar-refractivity contribution is 0.0537. The Morgan fingerprint density at radius 2 is 1.26 bits per heavy atom. The Labute approximate surface area is 215 Å². The maximum Gasteiger partial charge on any atom is 0.00700 e. The van der Waals surface area contributed by atoms with Crippen molar-refractivity contribution < 1.29 is 0 Å². The highest BCUT2D eigenvalue weighted by Gasteiger charge is 2.38. The Morgan fingerprint density at radius 3 is 1.91 bits per heavy atom. The van der Waals surface area contributed by atoms with Gasteiger partial charge in [0, 0.05) is 12.1 Å². The van der Waals surface area contributed by atoms with Gasteiger partial charge in [-0.3, -0.25) is 0 Å². The molecule has 2 atom stereocenters. The van der Waals surface area contributed by atoms with Gasteiger partial charge in [-0.1, -0.05) is 105 Å². The van der Waals surface area contributed by atoms with Crippen LogP contribution in [0.15, 0.2) is 0 Å². The van der Waals surface area contributed by atoms with Crippen molar-refractivity contribution in [3.63, 3.8) is 0 Å². The summed E-state index contributed by atoms with van der Waals surface area (Å²) in [5.41, 5.74) is 0.694. The van der Waals surface area contributed by atoms with E-state index in [0.717, 1.165) is 18.0 Å². The topological polar surface area (TPSA) is 15.3 Å². The van der Waals surface area contributed by atoms with E-state index >= 15 is 0 Å². The molecule has 0 aromatic heterocycles. The number of nitrogens with zero attached hydrogens (tertiary/aromatic N) is 1. The average Bonchev–Trinajstić information content (AvgIpc) is 2.86. The van der Waals surface area contributed by atoms with Crippen LogP contribution >= 0.6 is 0 Å². The van der Waals surface area contributed by atoms with Crippen molar-refractivity contribution >= 4 is 0 Å². The molecule has 2 rings (SSSR count). The molecule has 0 radical (unpaired) electrons. The molecule has 1 spiro atoms. The van der Waals surface area contributed by atoms with Crippen LogP contribution in [-0.4, -0.2) is 36.6 Å². The minimum Gasteiger partial charge on any atom is -0.311 e. The summed E-state index contributed by atoms with van der Waals surface area (Å²) in [6.45, 7) is 13.5. The molecule has 2 unspecified atom stereocenters. The van der Waals surface area contributed by atoms with Gasteiger partial charge in [-0.2, -0.15) is 0 Å². The van der Waals surface area contributed by atoms with Gasteiger partial charge < -0.3 is 10.2 Å². The number of piperidine rings is 1. The summed E-state index contributed by atoms with van der Waals surface area (Å²) >= 11 is 0. The Balaban J connectivity index is 1.66. The van der Waals surface area contributed by atoms with E-state index in [0.29, 0.717) is 5.41 Å². The Hall–Kier alpha value is -0.0800. The lowest BCUT2D eigenvalue weighted by Gasteiger charge is -2.46. The summed E-state index contributed by atoms with van der Waals surface area (Å²) in [4.78, 5) is 2.84. The number of hydrogen-bond acceptors (Lipinski definition) is 2. The van der Waals surface area contributed by atoms with Crippen LogP contribution in [0.5, 0.6) is 0 Å². The summed E-state index contributed by atoms with van der Waals surface area (Å²) in [5, 5.41) is 4.09. The molecule has 2 fully saturated rings. The Kier molecular flexibility index (Phi) is 16.1. The molecule has 1 saturated heterocycles. The molecular formula is C32H64N2. The second-order valence-electron chi connectivity index (χ2n) is 12.4. The smallest absolute Gasteiger partial charge is 0.00700 e. The summed E-state index contributed by atoms with van der Waals surface area (Å²) in [7, 11) is 0. The van der Waals surface area contributed by atoms with Crippen molar-refractivity contribution in [2.75, 3.05) is 19.6 Å². The molecule has 2 aliphatic rings. The number of likely N-dealkylation sites (tertiary alicyclic amines) is 1. The standard InChI is InChI=1S/C32H64N2/c1-5-9-12-13-14-17-29(16-10-6-2)21-26-34-27-24-32(25-28-34)22-19-31(20-23-32)33-30(15-8-4)18-11-7-3/h29-31,33H,5-28H2,1-4H3. The first kappa shape index (κ1) is 30.1. The molecule has 1 aliphatic carbocycles. The molecule has 0 bridgehead atoms. The van der Waals surface area contributed by atoms with Gasteiger partial charge in [0.2, 0.25) is 0 Å². The van der Waals surface area contributed by atoms with Crippen LogP contribution in [0.2, 0.25) is 0 Å². The molecule has 1 heterocycles. The monoisotopic (exact) mass is 477 g/mol. The molecule has 34 heavy (non-hydrogen) atoms. The van der Waals surface area contributed by atoms with Crippen LogP contribution in [0.4, 0.5) is 0 Å². The zero-order valence-corrected chi connectivity index (χ0v) is 24.1. The minimum absolute atomic E-state index is 0.694. The first-order valence-electron chi connectivity index (χ1n) is 16.1. The van der Waals surface area contributed by atoms with Crippen LogP contribution in [0.25, 0.3) is 0 Å². The quantitative estimate of drug-likeness (QED) is 0.187. The van der Waals surface area contributed by atoms with Crippen LogP contribution < -0.4 is 5.32 Å². The van der Waals surface area contributed by atoms with E-state index in [1.165, 1.54) is 154 Å². The third-order valence-electron chi connectivity index (χ3n) is 9.51. The van der Waals surface area contributed by atoms with Crippen molar-refractivity contribution in [2.45, 2.75) is 175 Å². The predicted molar refractivity (Wildman–Crippen MR) is 153 cm³/mol. The molecule has 2 nitrogen and oxygen atoms in total. The number of hydrogen-bond donors (Lipinski definition) is 1. The first-order valence-corrected chi connectivity index (χ1v) is 16.1. The third-order valence-corrected chi connectivity index (χ3v) is 9.51. The van der Waals surface area contributed by atoms with Gasteiger partial charge in [-0.15, -0.1) is 0 Å². The summed E-state index contributed by atoms with van der Waals surface area (Å²) in [6.07, 6.45) is 30.1. The van der Waals surface area contributed by atoms with Crippen molar-refractivity contribution in [3.05, 3.63) is 0 Å². The zero-order valence-electron chi connectivity index (χ0n) is 24.1. The van der Waals surface area contributed by atoms with Crippen molar-refractivity contribution in [2.24, 2.45) is 11.3 Å². The largest absolute Gasteiger partial charge is 0.311 e. The maximum absolute atomic E-state index is 4.09. The number of unbranched alkanes of at least 4 members (excludes halogenated alkanes) is 6. The van der Waals surface area contributed by atoms with Crippen molar-refractivity contribution in [1.82, 2.24) is 10.2 Å². The van der Waals surface area contributed by atoms with E-state index in [9.17, 15) is 0 Å². The van der Waals surface area contributed by atoms with Crippen LogP contribution in [-0.2, 0) is 0 Å². The molecule has 0 amide bonds. The van der Waals surface area contributed by atoms with E-state index in [2.05, 4.69) is 37.9 Å². The first-order chi connectivity index (χ1) is 16.6. The highest BCUT2D eigenvalue weighted by Crippen LogP contribution is 2.45. The Bertz CT molecular complexity index is 458. The van der Waals surface area contributed by atoms with Gasteiger partial charge in [0.1, 0.15) is 0 Å². The SMILES string of the molecule is CCCCCCCC(CCCC)CCN1CCC2(CCC(NC(CCC)CCCC)CC2)CC1. The van der Waals surface area contributed by atoms with E-state index in [1.54, 1.807) is 0 Å². The van der Waals surface area contributed by atoms with Gasteiger partial charge in [0.05, 0.1) is 0 Å². The molecular weight excluding hydrogens is 412 g/mol. The highest BCUT2D eigenvalue weighted by molar-refractivity contribution is 4.93. The van der Waals surface area contributed by atoms with E-state index in [4.69, 9.17) is 0 Å². The van der Waals surface area contributed by atoms with E-state index < -0.39 is 0 Å². The minimum atomic E-state index is 0.694. The third kappa shape index (κ3) is 11.8. The second-order valence-corrected chi connectivity index (χ2v) is 12.4. The molecule has 1 aliphatic heterocycles. The van der Waals surface area contributed by atoms with E-state index in [1.807, 2.05) is 0 Å². The fraction of sp³-hybridized carbons (Fsp3) is 1.00. The van der Waals surface area contributed by atoms with Crippen LogP contribution in [0.1, 0.15) is 163 Å². The normalized spacial score (nSPS) is 21.2. The van der Waals surface area contributed by atoms with Gasteiger partial charge >= 0.3 is 0 Å². The average molecular weight is 477 g/mol. The van der Waals surface area contributed by atoms with Crippen molar-refractivity contribution in [1.29, 1.82) is 0 Å². The lowest BCUT2D eigenvalue weighted by Crippen LogP contribution is -2.46. The van der Waals surface area contributed by atoms with Crippen molar-refractivity contribution in [3.8, 4) is 0 Å². The lowest BCUT2D eigenvalue weighted by atomic mass is 9.67. The van der Waals surface area contributed by atoms with Gasteiger partial charge in [-0.05, 0) is 88.8 Å². The summed E-state index contributed by atoms with van der Waals surface area (Å²) < 4.78 is 0. The van der Waals surface area contributed by atoms with Gasteiger partial charge in [-0.25, -0.2) is 0 Å². The Morgan fingerprint density at radius 1 is 0.647 bits per heavy atom. The predicted octanol–water partition coefficient (Wildman–Crippen LogP) is 9.52. The van der Waals surface area contributed by atoms with E-state index in [-0.39, 0.29) is 0 Å². The molecule has 0 aromatic rings. The highest BCUT2D eigenvalue weighted by atomic mass is 15.1. The fourth-order valence-corrected chi connectivity index (χ4v) is 6.92. The summed E-state index contributed by atoms with van der Waals surface area (Å²) in [6, 6.07) is 1.58. The van der Waals surface area contributed by atoms with Crippen LogP contribution in [0.3, 0.4) is 0 Å². The van der Waals surface area contributed by atoms with Crippen LogP contribution in [0, 0.1) is 11.3 Å². The van der Waals surface area contributed by atoms with Gasteiger partial charge in [0.25, 0.3) is 0 Å². The molecule has 1 N–H and O–H groups in total.